The Morgan fingerprint density at radius 2 is 2.06 bits per heavy atom. The van der Waals surface area contributed by atoms with Crippen molar-refractivity contribution in [3.8, 4) is 17.0 Å². The molecule has 0 spiro atoms. The van der Waals surface area contributed by atoms with Crippen molar-refractivity contribution in [1.29, 1.82) is 0 Å². The highest BCUT2D eigenvalue weighted by Crippen LogP contribution is 2.28. The molecule has 2 rings (SSSR count). The summed E-state index contributed by atoms with van der Waals surface area (Å²) < 4.78 is 5.22. The molecule has 0 aliphatic rings. The third kappa shape index (κ3) is 2.24. The third-order valence-electron chi connectivity index (χ3n) is 2.35. The first-order chi connectivity index (χ1) is 7.66. The molecule has 1 N–H and O–H groups in total. The first kappa shape index (κ1) is 10.7. The molecule has 0 bridgehead atoms. The molecule has 2 aromatic rings. The zero-order valence-electron chi connectivity index (χ0n) is 9.47. The second kappa shape index (κ2) is 4.39. The average Bonchev–Trinajstić information content (AvgIpc) is 2.66. The molecule has 1 aromatic carbocycles. The van der Waals surface area contributed by atoms with Gasteiger partial charge in [0.25, 0.3) is 0 Å². The Balaban J connectivity index is 2.28. The lowest BCUT2D eigenvalue weighted by atomic mass is 10.1. The molecule has 0 saturated carbocycles. The SMILES string of the molecule is CC(C)Cc1cc(-c2ccccc2O)no1. The fraction of sp³-hybridized carbons (Fsp3) is 0.308. The molecule has 0 unspecified atom stereocenters. The molecule has 0 amide bonds. The number of hydrogen-bond acceptors (Lipinski definition) is 3. The molecule has 3 nitrogen and oxygen atoms in total. The van der Waals surface area contributed by atoms with Crippen LogP contribution in [0.25, 0.3) is 11.3 Å². The number of aromatic hydroxyl groups is 1. The monoisotopic (exact) mass is 217 g/mol. The van der Waals surface area contributed by atoms with Gasteiger partial charge in [0.2, 0.25) is 0 Å². The fourth-order valence-electron chi connectivity index (χ4n) is 1.63. The minimum atomic E-state index is 0.229. The number of nitrogens with zero attached hydrogens (tertiary/aromatic N) is 1. The van der Waals surface area contributed by atoms with Gasteiger partial charge in [-0.3, -0.25) is 0 Å². The zero-order chi connectivity index (χ0) is 11.5. The first-order valence-corrected chi connectivity index (χ1v) is 5.41. The van der Waals surface area contributed by atoms with Gasteiger partial charge >= 0.3 is 0 Å². The number of phenolic OH excluding ortho intramolecular Hbond substituents is 1. The van der Waals surface area contributed by atoms with E-state index in [4.69, 9.17) is 4.52 Å². The van der Waals surface area contributed by atoms with E-state index < -0.39 is 0 Å². The van der Waals surface area contributed by atoms with Crippen molar-refractivity contribution < 1.29 is 9.63 Å². The molecule has 0 saturated heterocycles. The van der Waals surface area contributed by atoms with Crippen LogP contribution in [0.4, 0.5) is 0 Å². The van der Waals surface area contributed by atoms with Crippen molar-refractivity contribution in [3.05, 3.63) is 36.1 Å². The predicted molar refractivity (Wildman–Crippen MR) is 62.1 cm³/mol. The van der Waals surface area contributed by atoms with Gasteiger partial charge in [-0.1, -0.05) is 31.1 Å². The number of hydrogen-bond donors (Lipinski definition) is 1. The molecule has 0 aliphatic heterocycles. The van der Waals surface area contributed by atoms with Crippen molar-refractivity contribution >= 4 is 0 Å². The summed E-state index contributed by atoms with van der Waals surface area (Å²) in [6, 6.07) is 9.01. The zero-order valence-corrected chi connectivity index (χ0v) is 9.47. The van der Waals surface area contributed by atoms with Gasteiger partial charge in [0.1, 0.15) is 17.2 Å². The lowest BCUT2D eigenvalue weighted by Crippen LogP contribution is -1.90. The van der Waals surface area contributed by atoms with Gasteiger partial charge in [-0.25, -0.2) is 0 Å². The van der Waals surface area contributed by atoms with Crippen LogP contribution in [0.15, 0.2) is 34.9 Å². The maximum Gasteiger partial charge on any atom is 0.137 e. The van der Waals surface area contributed by atoms with Crippen LogP contribution in [-0.4, -0.2) is 10.3 Å². The molecule has 0 atom stereocenters. The van der Waals surface area contributed by atoms with Gasteiger partial charge in [-0.15, -0.1) is 0 Å². The van der Waals surface area contributed by atoms with Crippen LogP contribution in [0.2, 0.25) is 0 Å². The van der Waals surface area contributed by atoms with Gasteiger partial charge in [0, 0.05) is 18.1 Å². The molecule has 84 valence electrons. The molecule has 16 heavy (non-hydrogen) atoms. The number of rotatable bonds is 3. The second-order valence-electron chi connectivity index (χ2n) is 4.29. The van der Waals surface area contributed by atoms with Gasteiger partial charge in [-0.05, 0) is 18.1 Å². The largest absolute Gasteiger partial charge is 0.507 e. The molecule has 0 radical (unpaired) electrons. The highest BCUT2D eigenvalue weighted by atomic mass is 16.5. The van der Waals surface area contributed by atoms with E-state index in [1.165, 1.54) is 0 Å². The minimum absolute atomic E-state index is 0.229. The molecular weight excluding hydrogens is 202 g/mol. The molecular formula is C13H15NO2. The molecule has 1 heterocycles. The lowest BCUT2D eigenvalue weighted by Gasteiger charge is -1.98. The second-order valence-corrected chi connectivity index (χ2v) is 4.29. The summed E-state index contributed by atoms with van der Waals surface area (Å²) in [5.74, 6) is 1.62. The predicted octanol–water partition coefficient (Wildman–Crippen LogP) is 3.25. The molecule has 1 aromatic heterocycles. The number of aromatic nitrogens is 1. The Morgan fingerprint density at radius 1 is 1.31 bits per heavy atom. The minimum Gasteiger partial charge on any atom is -0.507 e. The molecule has 0 aliphatic carbocycles. The van der Waals surface area contributed by atoms with E-state index in [2.05, 4.69) is 19.0 Å². The number of benzene rings is 1. The van der Waals surface area contributed by atoms with Crippen molar-refractivity contribution in [1.82, 2.24) is 5.16 Å². The van der Waals surface area contributed by atoms with E-state index in [1.807, 2.05) is 18.2 Å². The maximum absolute atomic E-state index is 9.67. The standard InChI is InChI=1S/C13H15NO2/c1-9(2)7-10-8-12(14-16-10)11-5-3-4-6-13(11)15/h3-6,8-9,15H,7H2,1-2H3. The summed E-state index contributed by atoms with van der Waals surface area (Å²) in [4.78, 5) is 0. The van der Waals surface area contributed by atoms with Crippen LogP contribution in [-0.2, 0) is 6.42 Å². The Labute approximate surface area is 94.7 Å². The van der Waals surface area contributed by atoms with E-state index in [1.54, 1.807) is 12.1 Å². The number of para-hydroxylation sites is 1. The van der Waals surface area contributed by atoms with Gasteiger partial charge in [-0.2, -0.15) is 0 Å². The lowest BCUT2D eigenvalue weighted by molar-refractivity contribution is 0.370. The van der Waals surface area contributed by atoms with Crippen LogP contribution in [0.3, 0.4) is 0 Å². The van der Waals surface area contributed by atoms with E-state index in [0.29, 0.717) is 17.2 Å². The molecule has 3 heteroatoms. The van der Waals surface area contributed by atoms with Crippen molar-refractivity contribution in [2.75, 3.05) is 0 Å². The summed E-state index contributed by atoms with van der Waals surface area (Å²) in [6.45, 7) is 4.25. The summed E-state index contributed by atoms with van der Waals surface area (Å²) in [7, 11) is 0. The van der Waals surface area contributed by atoms with E-state index in [9.17, 15) is 5.11 Å². The Kier molecular flexibility index (Phi) is 2.95. The third-order valence-corrected chi connectivity index (χ3v) is 2.35. The van der Waals surface area contributed by atoms with E-state index in [0.717, 1.165) is 12.2 Å². The number of phenols is 1. The van der Waals surface area contributed by atoms with Crippen molar-refractivity contribution in [3.63, 3.8) is 0 Å². The summed E-state index contributed by atoms with van der Waals surface area (Å²) in [5, 5.41) is 13.6. The Bertz CT molecular complexity index is 474. The van der Waals surface area contributed by atoms with Crippen LogP contribution in [0.5, 0.6) is 5.75 Å². The Hall–Kier alpha value is -1.77. The average molecular weight is 217 g/mol. The Morgan fingerprint density at radius 3 is 2.75 bits per heavy atom. The van der Waals surface area contributed by atoms with E-state index >= 15 is 0 Å². The molecule has 0 fully saturated rings. The van der Waals surface area contributed by atoms with Crippen molar-refractivity contribution in [2.45, 2.75) is 20.3 Å². The van der Waals surface area contributed by atoms with Gasteiger partial charge in [0.15, 0.2) is 0 Å². The summed E-state index contributed by atoms with van der Waals surface area (Å²) in [5.41, 5.74) is 1.40. The smallest absolute Gasteiger partial charge is 0.137 e. The highest BCUT2D eigenvalue weighted by Gasteiger charge is 2.10. The van der Waals surface area contributed by atoms with Gasteiger partial charge in [0.05, 0.1) is 0 Å². The van der Waals surface area contributed by atoms with Crippen LogP contribution in [0.1, 0.15) is 19.6 Å². The van der Waals surface area contributed by atoms with Crippen LogP contribution < -0.4 is 0 Å². The quantitative estimate of drug-likeness (QED) is 0.858. The fourth-order valence-corrected chi connectivity index (χ4v) is 1.63. The highest BCUT2D eigenvalue weighted by molar-refractivity contribution is 5.66. The van der Waals surface area contributed by atoms with Crippen LogP contribution >= 0.6 is 0 Å². The van der Waals surface area contributed by atoms with Crippen LogP contribution in [0, 0.1) is 5.92 Å². The summed E-state index contributed by atoms with van der Waals surface area (Å²) in [6.07, 6.45) is 0.862. The summed E-state index contributed by atoms with van der Waals surface area (Å²) >= 11 is 0. The van der Waals surface area contributed by atoms with Crippen molar-refractivity contribution in [2.24, 2.45) is 5.92 Å². The van der Waals surface area contributed by atoms with E-state index in [-0.39, 0.29) is 5.75 Å². The normalized spacial score (nSPS) is 10.9. The first-order valence-electron chi connectivity index (χ1n) is 5.41. The van der Waals surface area contributed by atoms with Gasteiger partial charge < -0.3 is 9.63 Å². The maximum atomic E-state index is 9.67. The topological polar surface area (TPSA) is 46.3 Å².